The second-order valence-electron chi connectivity index (χ2n) is 4.98. The molecule has 0 bridgehead atoms. The number of hydrogen-bond acceptors (Lipinski definition) is 3. The number of nitrogens with zero attached hydrogens (tertiary/aromatic N) is 1. The predicted octanol–water partition coefficient (Wildman–Crippen LogP) is 3.34. The molecular formula is C18H21N3O. The summed E-state index contributed by atoms with van der Waals surface area (Å²) in [5.41, 5.74) is 6.57. The van der Waals surface area contributed by atoms with E-state index in [1.54, 1.807) is 0 Å². The molecule has 2 aromatic carbocycles. The van der Waals surface area contributed by atoms with Crippen molar-refractivity contribution < 1.29 is 4.79 Å². The number of carbonyl (C=O) groups excluding carboxylic acids is 1. The zero-order valence-electron chi connectivity index (χ0n) is 13.0. The Morgan fingerprint density at radius 2 is 1.73 bits per heavy atom. The van der Waals surface area contributed by atoms with Gasteiger partial charge in [-0.05, 0) is 30.5 Å². The van der Waals surface area contributed by atoms with E-state index in [0.29, 0.717) is 0 Å². The molecule has 0 unspecified atom stereocenters. The van der Waals surface area contributed by atoms with Crippen LogP contribution in [0.25, 0.3) is 0 Å². The lowest BCUT2D eigenvalue weighted by molar-refractivity contribution is -0.119. The van der Waals surface area contributed by atoms with Crippen molar-refractivity contribution in [3.05, 3.63) is 65.7 Å². The van der Waals surface area contributed by atoms with Crippen molar-refractivity contribution in [1.29, 1.82) is 0 Å². The number of para-hydroxylation sites is 1. The molecule has 0 saturated carbocycles. The Morgan fingerprint density at radius 3 is 2.41 bits per heavy atom. The number of carbonyl (C=O) groups is 1. The molecule has 1 amide bonds. The Hall–Kier alpha value is -2.62. The van der Waals surface area contributed by atoms with Crippen LogP contribution >= 0.6 is 0 Å². The Labute approximate surface area is 131 Å². The molecule has 4 nitrogen and oxygen atoms in total. The molecule has 0 radical (unpaired) electrons. The van der Waals surface area contributed by atoms with Crippen molar-refractivity contribution in [3.63, 3.8) is 0 Å². The number of nitrogens with one attached hydrogen (secondary N) is 2. The molecule has 0 fully saturated rings. The molecule has 0 aliphatic carbocycles. The Morgan fingerprint density at radius 1 is 1.05 bits per heavy atom. The first-order valence-corrected chi connectivity index (χ1v) is 7.41. The lowest BCUT2D eigenvalue weighted by Crippen LogP contribution is -2.27. The van der Waals surface area contributed by atoms with Gasteiger partial charge < -0.3 is 5.32 Å². The maximum atomic E-state index is 11.9. The largest absolute Gasteiger partial charge is 0.376 e. The third-order valence-corrected chi connectivity index (χ3v) is 3.34. The molecule has 2 rings (SSSR count). The minimum Gasteiger partial charge on any atom is -0.376 e. The number of hydrogen-bond donors (Lipinski definition) is 2. The van der Waals surface area contributed by atoms with E-state index in [1.165, 1.54) is 0 Å². The van der Waals surface area contributed by atoms with E-state index in [9.17, 15) is 4.79 Å². The smallest absolute Gasteiger partial charge is 0.259 e. The topological polar surface area (TPSA) is 53.5 Å². The van der Waals surface area contributed by atoms with Crippen LogP contribution in [0, 0.1) is 6.92 Å². The van der Waals surface area contributed by atoms with Gasteiger partial charge in [-0.1, -0.05) is 55.5 Å². The summed E-state index contributed by atoms with van der Waals surface area (Å²) in [4.78, 5) is 11.9. The van der Waals surface area contributed by atoms with E-state index >= 15 is 0 Å². The molecule has 2 N–H and O–H groups in total. The van der Waals surface area contributed by atoms with Crippen LogP contribution in [0.4, 0.5) is 5.69 Å². The van der Waals surface area contributed by atoms with Gasteiger partial charge >= 0.3 is 0 Å². The van der Waals surface area contributed by atoms with E-state index in [0.717, 1.165) is 28.9 Å². The average Bonchev–Trinajstić information content (AvgIpc) is 2.55. The van der Waals surface area contributed by atoms with Gasteiger partial charge in [-0.25, -0.2) is 5.43 Å². The second kappa shape index (κ2) is 7.98. The summed E-state index contributed by atoms with van der Waals surface area (Å²) in [7, 11) is 0. The third kappa shape index (κ3) is 4.45. The van der Waals surface area contributed by atoms with Crippen LogP contribution in [0.2, 0.25) is 0 Å². The van der Waals surface area contributed by atoms with E-state index in [1.807, 2.05) is 68.4 Å². The molecule has 0 aliphatic heterocycles. The SMILES string of the molecule is CCC(=NNC(=O)CNc1ccccc1C)c1ccccc1. The van der Waals surface area contributed by atoms with Crippen molar-refractivity contribution in [1.82, 2.24) is 5.43 Å². The summed E-state index contributed by atoms with van der Waals surface area (Å²) >= 11 is 0. The zero-order valence-corrected chi connectivity index (χ0v) is 13.0. The molecular weight excluding hydrogens is 274 g/mol. The van der Waals surface area contributed by atoms with Gasteiger partial charge in [0.15, 0.2) is 0 Å². The summed E-state index contributed by atoms with van der Waals surface area (Å²) in [6.45, 7) is 4.21. The van der Waals surface area contributed by atoms with Crippen LogP contribution < -0.4 is 10.7 Å². The number of benzene rings is 2. The van der Waals surface area contributed by atoms with Gasteiger partial charge in [-0.3, -0.25) is 4.79 Å². The Bertz CT molecular complexity index is 650. The standard InChI is InChI=1S/C18H21N3O/c1-3-16(15-10-5-4-6-11-15)20-21-18(22)13-19-17-12-8-7-9-14(17)2/h4-12,19H,3,13H2,1-2H3,(H,21,22). The first-order valence-electron chi connectivity index (χ1n) is 7.41. The molecule has 4 heteroatoms. The highest BCUT2D eigenvalue weighted by Crippen LogP contribution is 2.12. The highest BCUT2D eigenvalue weighted by molar-refractivity contribution is 6.00. The molecule has 0 aliphatic rings. The van der Waals surface area contributed by atoms with Crippen molar-refractivity contribution >= 4 is 17.3 Å². The van der Waals surface area contributed by atoms with Gasteiger partial charge in [-0.2, -0.15) is 5.10 Å². The molecule has 2 aromatic rings. The summed E-state index contributed by atoms with van der Waals surface area (Å²) in [6, 6.07) is 17.7. The number of rotatable bonds is 6. The second-order valence-corrected chi connectivity index (χ2v) is 4.98. The van der Waals surface area contributed by atoms with Crippen LogP contribution in [-0.4, -0.2) is 18.2 Å². The summed E-state index contributed by atoms with van der Waals surface area (Å²) in [5.74, 6) is -0.162. The maximum Gasteiger partial charge on any atom is 0.259 e. The van der Waals surface area contributed by atoms with Crippen molar-refractivity contribution in [2.24, 2.45) is 5.10 Å². The fourth-order valence-electron chi connectivity index (χ4n) is 2.09. The van der Waals surface area contributed by atoms with Crippen molar-refractivity contribution in [2.45, 2.75) is 20.3 Å². The summed E-state index contributed by atoms with van der Waals surface area (Å²) in [6.07, 6.45) is 0.759. The van der Waals surface area contributed by atoms with Crippen LogP contribution in [0.5, 0.6) is 0 Å². The van der Waals surface area contributed by atoms with Gasteiger partial charge in [0, 0.05) is 5.69 Å². The molecule has 0 saturated heterocycles. The van der Waals surface area contributed by atoms with Gasteiger partial charge in [0.1, 0.15) is 0 Å². The minimum absolute atomic E-state index is 0.162. The Kier molecular flexibility index (Phi) is 5.72. The molecule has 0 atom stereocenters. The van der Waals surface area contributed by atoms with Crippen molar-refractivity contribution in [3.8, 4) is 0 Å². The normalized spacial score (nSPS) is 11.1. The van der Waals surface area contributed by atoms with E-state index in [2.05, 4.69) is 15.8 Å². The van der Waals surface area contributed by atoms with Gasteiger partial charge in [0.25, 0.3) is 5.91 Å². The lowest BCUT2D eigenvalue weighted by atomic mass is 10.1. The molecule has 114 valence electrons. The zero-order chi connectivity index (χ0) is 15.8. The van der Waals surface area contributed by atoms with Crippen LogP contribution in [-0.2, 0) is 4.79 Å². The number of aryl methyl sites for hydroxylation is 1. The molecule has 22 heavy (non-hydrogen) atoms. The predicted molar refractivity (Wildman–Crippen MR) is 91.1 cm³/mol. The fourth-order valence-corrected chi connectivity index (χ4v) is 2.09. The van der Waals surface area contributed by atoms with Gasteiger partial charge in [0.2, 0.25) is 0 Å². The summed E-state index contributed by atoms with van der Waals surface area (Å²) in [5, 5.41) is 7.34. The van der Waals surface area contributed by atoms with Crippen LogP contribution in [0.1, 0.15) is 24.5 Å². The molecule has 0 aromatic heterocycles. The number of anilines is 1. The monoisotopic (exact) mass is 295 g/mol. The Balaban J connectivity index is 1.91. The number of amides is 1. The number of hydrazone groups is 1. The summed E-state index contributed by atoms with van der Waals surface area (Å²) < 4.78 is 0. The quantitative estimate of drug-likeness (QED) is 0.634. The van der Waals surface area contributed by atoms with Crippen LogP contribution in [0.3, 0.4) is 0 Å². The third-order valence-electron chi connectivity index (χ3n) is 3.34. The highest BCUT2D eigenvalue weighted by Gasteiger charge is 2.04. The van der Waals surface area contributed by atoms with Gasteiger partial charge in [0.05, 0.1) is 12.3 Å². The minimum atomic E-state index is -0.162. The van der Waals surface area contributed by atoms with E-state index in [4.69, 9.17) is 0 Å². The lowest BCUT2D eigenvalue weighted by Gasteiger charge is -2.09. The van der Waals surface area contributed by atoms with Crippen LogP contribution in [0.15, 0.2) is 59.7 Å². The first kappa shape index (κ1) is 15.8. The molecule has 0 heterocycles. The fraction of sp³-hybridized carbons (Fsp3) is 0.222. The van der Waals surface area contributed by atoms with Crippen molar-refractivity contribution in [2.75, 3.05) is 11.9 Å². The highest BCUT2D eigenvalue weighted by atomic mass is 16.2. The average molecular weight is 295 g/mol. The van der Waals surface area contributed by atoms with E-state index in [-0.39, 0.29) is 12.5 Å². The van der Waals surface area contributed by atoms with Gasteiger partial charge in [-0.15, -0.1) is 0 Å². The molecule has 0 spiro atoms. The van der Waals surface area contributed by atoms with E-state index < -0.39 is 0 Å². The first-order chi connectivity index (χ1) is 10.7. The maximum absolute atomic E-state index is 11.9.